The molecule has 0 amide bonds. The Morgan fingerprint density at radius 2 is 2.41 bits per heavy atom. The summed E-state index contributed by atoms with van der Waals surface area (Å²) in [6, 6.07) is 0. The second kappa shape index (κ2) is 5.83. The molecule has 17 heavy (non-hydrogen) atoms. The number of aromatic nitrogens is 4. The fraction of sp³-hybridized carbons (Fsp3) is 0.500. The van der Waals surface area contributed by atoms with Crippen LogP contribution >= 0.6 is 11.8 Å². The highest BCUT2D eigenvalue weighted by Crippen LogP contribution is 2.16. The van der Waals surface area contributed by atoms with E-state index >= 15 is 0 Å². The Hall–Kier alpha value is -1.34. The van der Waals surface area contributed by atoms with Gasteiger partial charge in [0.2, 0.25) is 0 Å². The van der Waals surface area contributed by atoms with Crippen molar-refractivity contribution in [3.8, 4) is 11.6 Å². The minimum absolute atomic E-state index is 0.465. The van der Waals surface area contributed by atoms with Gasteiger partial charge in [-0.1, -0.05) is 12.1 Å². The summed E-state index contributed by atoms with van der Waals surface area (Å²) in [4.78, 5) is 8.49. The van der Waals surface area contributed by atoms with Crippen LogP contribution in [0.5, 0.6) is 0 Å². The zero-order chi connectivity index (χ0) is 12.1. The van der Waals surface area contributed by atoms with Crippen molar-refractivity contribution in [1.82, 2.24) is 19.7 Å². The van der Waals surface area contributed by atoms with E-state index in [1.807, 2.05) is 10.8 Å². The van der Waals surface area contributed by atoms with Gasteiger partial charge in [0.25, 0.3) is 5.89 Å². The highest BCUT2D eigenvalue weighted by Gasteiger charge is 2.11. The monoisotopic (exact) mass is 253 g/mol. The number of thioether (sulfide) groups is 1. The highest BCUT2D eigenvalue weighted by molar-refractivity contribution is 7.98. The van der Waals surface area contributed by atoms with Gasteiger partial charge in [-0.05, 0) is 5.75 Å². The minimum atomic E-state index is 0.465. The van der Waals surface area contributed by atoms with Crippen molar-refractivity contribution in [2.75, 3.05) is 12.3 Å². The van der Waals surface area contributed by atoms with Crippen molar-refractivity contribution in [3.05, 3.63) is 18.3 Å². The smallest absolute Gasteiger partial charge is 0.278 e. The third-order valence-electron chi connectivity index (χ3n) is 2.14. The number of imidazole rings is 1. The van der Waals surface area contributed by atoms with Gasteiger partial charge in [-0.15, -0.1) is 0 Å². The fourth-order valence-electron chi connectivity index (χ4n) is 1.35. The molecule has 0 unspecified atom stereocenters. The van der Waals surface area contributed by atoms with Crippen molar-refractivity contribution in [3.63, 3.8) is 0 Å². The molecule has 0 radical (unpaired) electrons. The Morgan fingerprint density at radius 1 is 1.53 bits per heavy atom. The number of nitrogens with zero attached hydrogens (tertiary/aromatic N) is 4. The number of rotatable bonds is 6. The minimum Gasteiger partial charge on any atom is -0.335 e. The maximum absolute atomic E-state index is 5.46. The molecule has 0 spiro atoms. The lowest BCUT2D eigenvalue weighted by Gasteiger charge is -1.94. The average Bonchev–Trinajstić information content (AvgIpc) is 2.95. The number of hydrogen-bond acceptors (Lipinski definition) is 6. The van der Waals surface area contributed by atoms with Crippen LogP contribution in [0.15, 0.2) is 17.0 Å². The molecule has 7 heteroatoms. The molecule has 2 rings (SSSR count). The molecule has 2 aromatic heterocycles. The van der Waals surface area contributed by atoms with Crippen molar-refractivity contribution in [2.24, 2.45) is 5.73 Å². The van der Waals surface area contributed by atoms with Gasteiger partial charge in [-0.25, -0.2) is 4.98 Å². The lowest BCUT2D eigenvalue weighted by atomic mass is 10.5. The molecule has 0 saturated carbocycles. The highest BCUT2D eigenvalue weighted by atomic mass is 32.2. The van der Waals surface area contributed by atoms with E-state index in [4.69, 9.17) is 10.3 Å². The molecule has 2 aromatic rings. The zero-order valence-electron chi connectivity index (χ0n) is 9.67. The third-order valence-corrected chi connectivity index (χ3v) is 3.01. The maximum atomic E-state index is 5.46. The largest absolute Gasteiger partial charge is 0.335 e. The number of hydrogen-bond donors (Lipinski definition) is 1. The predicted octanol–water partition coefficient (Wildman–Crippen LogP) is 1.14. The molecule has 0 aromatic carbocycles. The van der Waals surface area contributed by atoms with Crippen molar-refractivity contribution in [2.45, 2.75) is 19.2 Å². The van der Waals surface area contributed by atoms with Crippen LogP contribution in [0.4, 0.5) is 0 Å². The molecule has 0 aliphatic heterocycles. The third kappa shape index (κ3) is 3.07. The topological polar surface area (TPSA) is 82.8 Å². The van der Waals surface area contributed by atoms with Crippen LogP contribution in [-0.4, -0.2) is 32.0 Å². The molecule has 0 saturated heterocycles. The maximum Gasteiger partial charge on any atom is 0.278 e. The summed E-state index contributed by atoms with van der Waals surface area (Å²) >= 11 is 1.76. The molecule has 0 aliphatic carbocycles. The van der Waals surface area contributed by atoms with Gasteiger partial charge in [-0.3, -0.25) is 0 Å². The predicted molar refractivity (Wildman–Crippen MR) is 66.4 cm³/mol. The summed E-state index contributed by atoms with van der Waals surface area (Å²) in [5.74, 6) is 2.98. The lowest BCUT2D eigenvalue weighted by molar-refractivity contribution is 0.424. The van der Waals surface area contributed by atoms with Gasteiger partial charge in [0.15, 0.2) is 5.82 Å². The quantitative estimate of drug-likeness (QED) is 0.831. The molecule has 0 atom stereocenters. The van der Waals surface area contributed by atoms with Gasteiger partial charge in [-0.2, -0.15) is 16.7 Å². The van der Waals surface area contributed by atoms with E-state index in [0.29, 0.717) is 24.0 Å². The van der Waals surface area contributed by atoms with Crippen LogP contribution in [0.25, 0.3) is 11.6 Å². The first kappa shape index (κ1) is 12.1. The van der Waals surface area contributed by atoms with Gasteiger partial charge < -0.3 is 14.8 Å². The van der Waals surface area contributed by atoms with E-state index in [0.717, 1.165) is 18.1 Å². The molecule has 6 nitrogen and oxygen atoms in total. The zero-order valence-corrected chi connectivity index (χ0v) is 10.5. The van der Waals surface area contributed by atoms with Crippen molar-refractivity contribution < 1.29 is 4.52 Å². The second-order valence-electron chi connectivity index (χ2n) is 3.44. The molecule has 0 aliphatic rings. The lowest BCUT2D eigenvalue weighted by Crippen LogP contribution is -2.07. The normalized spacial score (nSPS) is 10.9. The van der Waals surface area contributed by atoms with Gasteiger partial charge in [0.1, 0.15) is 5.69 Å². The molecule has 2 N–H and O–H groups in total. The summed E-state index contributed by atoms with van der Waals surface area (Å²) in [5.41, 5.74) is 6.16. The van der Waals surface area contributed by atoms with Crippen LogP contribution in [0, 0.1) is 0 Å². The molecule has 92 valence electrons. The Balaban J connectivity index is 2.07. The second-order valence-corrected chi connectivity index (χ2v) is 4.71. The Bertz CT molecular complexity index is 467. The summed E-state index contributed by atoms with van der Waals surface area (Å²) in [5, 5.41) is 3.90. The standard InChI is InChI=1S/C10H15N5OS/c1-2-17-6-9-13-10(16-14-9)8-5-15(4-3-11)7-12-8/h5,7H,2-4,6,11H2,1H3. The van der Waals surface area contributed by atoms with E-state index in [1.165, 1.54) is 0 Å². The summed E-state index contributed by atoms with van der Waals surface area (Å²) < 4.78 is 7.06. The van der Waals surface area contributed by atoms with E-state index in [-0.39, 0.29) is 0 Å². The van der Waals surface area contributed by atoms with Crippen LogP contribution < -0.4 is 5.73 Å². The van der Waals surface area contributed by atoms with E-state index in [9.17, 15) is 0 Å². The van der Waals surface area contributed by atoms with Crippen molar-refractivity contribution >= 4 is 11.8 Å². The van der Waals surface area contributed by atoms with Gasteiger partial charge >= 0.3 is 0 Å². The summed E-state index contributed by atoms with van der Waals surface area (Å²) in [6.45, 7) is 3.41. The molecule has 0 bridgehead atoms. The van der Waals surface area contributed by atoms with Crippen LogP contribution in [0.1, 0.15) is 12.7 Å². The van der Waals surface area contributed by atoms with Crippen LogP contribution in [0.3, 0.4) is 0 Å². The van der Waals surface area contributed by atoms with Crippen molar-refractivity contribution in [1.29, 1.82) is 0 Å². The van der Waals surface area contributed by atoms with Gasteiger partial charge in [0, 0.05) is 19.3 Å². The molecular weight excluding hydrogens is 238 g/mol. The first-order valence-corrected chi connectivity index (χ1v) is 6.61. The average molecular weight is 253 g/mol. The molecular formula is C10H15N5OS. The summed E-state index contributed by atoms with van der Waals surface area (Å²) in [6.07, 6.45) is 3.57. The Labute approximate surface area is 104 Å². The van der Waals surface area contributed by atoms with E-state index < -0.39 is 0 Å². The van der Waals surface area contributed by atoms with E-state index in [2.05, 4.69) is 22.0 Å². The Kier molecular flexibility index (Phi) is 4.16. The van der Waals surface area contributed by atoms with Gasteiger partial charge in [0.05, 0.1) is 12.1 Å². The Morgan fingerprint density at radius 3 is 3.18 bits per heavy atom. The first-order valence-electron chi connectivity index (χ1n) is 5.46. The molecule has 2 heterocycles. The first-order chi connectivity index (χ1) is 8.33. The van der Waals surface area contributed by atoms with Crippen LogP contribution in [-0.2, 0) is 12.3 Å². The number of nitrogens with two attached hydrogens (primary N) is 1. The SMILES string of the molecule is CCSCc1noc(-c2cn(CCN)cn2)n1. The fourth-order valence-corrected chi connectivity index (χ4v) is 1.86. The molecule has 0 fully saturated rings. The van der Waals surface area contributed by atoms with Crippen LogP contribution in [0.2, 0.25) is 0 Å². The summed E-state index contributed by atoms with van der Waals surface area (Å²) in [7, 11) is 0. The van der Waals surface area contributed by atoms with E-state index in [1.54, 1.807) is 18.1 Å².